The highest BCUT2D eigenvalue weighted by molar-refractivity contribution is 6.00. The molecule has 1 aliphatic carbocycles. The molecule has 1 heterocycles. The zero-order chi connectivity index (χ0) is 20.1. The molecule has 0 radical (unpaired) electrons. The number of rotatable bonds is 3. The molecule has 1 N–H and O–H groups in total. The number of Topliss-reactive ketones (excluding diaryl/α,β-unsaturated/α-hetero) is 1. The van der Waals surface area contributed by atoms with E-state index in [0.29, 0.717) is 17.7 Å². The van der Waals surface area contributed by atoms with Crippen LogP contribution in [0.4, 0.5) is 0 Å². The van der Waals surface area contributed by atoms with Crippen molar-refractivity contribution in [2.24, 2.45) is 5.41 Å². The van der Waals surface area contributed by atoms with Gasteiger partial charge in [0.2, 0.25) is 0 Å². The molecule has 0 amide bonds. The zero-order valence-electron chi connectivity index (χ0n) is 16.7. The maximum absolute atomic E-state index is 12.9. The van der Waals surface area contributed by atoms with Crippen molar-refractivity contribution in [3.05, 3.63) is 71.4 Å². The third-order valence-electron chi connectivity index (χ3n) is 5.61. The highest BCUT2D eigenvalue weighted by atomic mass is 16.5. The van der Waals surface area contributed by atoms with Crippen LogP contribution in [0.2, 0.25) is 0 Å². The van der Waals surface area contributed by atoms with Crippen molar-refractivity contribution in [3.8, 4) is 22.7 Å². The van der Waals surface area contributed by atoms with E-state index in [-0.39, 0.29) is 5.78 Å². The summed E-state index contributed by atoms with van der Waals surface area (Å²) in [4.78, 5) is 12.9. The molecular formula is C24H25NO3. The zero-order valence-corrected chi connectivity index (χ0v) is 16.7. The van der Waals surface area contributed by atoms with Gasteiger partial charge in [0, 0.05) is 29.2 Å². The first-order valence-electron chi connectivity index (χ1n) is 9.50. The second kappa shape index (κ2) is 6.64. The fraction of sp³-hybridized carbons (Fsp3) is 0.292. The Bertz CT molecular complexity index is 1040. The number of nitrogens with zero attached hydrogens (tertiary/aromatic N) is 1. The topological polar surface area (TPSA) is 51.5 Å². The molecule has 0 spiro atoms. The highest BCUT2D eigenvalue weighted by Crippen LogP contribution is 2.47. The molecule has 1 unspecified atom stereocenters. The molecule has 3 aromatic rings. The summed E-state index contributed by atoms with van der Waals surface area (Å²) in [6.07, 6.45) is -0.415. The molecule has 0 fully saturated rings. The van der Waals surface area contributed by atoms with Crippen molar-refractivity contribution in [2.45, 2.75) is 33.3 Å². The van der Waals surface area contributed by atoms with Gasteiger partial charge in [-0.2, -0.15) is 0 Å². The molecule has 28 heavy (non-hydrogen) atoms. The van der Waals surface area contributed by atoms with Crippen LogP contribution >= 0.6 is 0 Å². The van der Waals surface area contributed by atoms with Crippen molar-refractivity contribution < 1.29 is 14.6 Å². The van der Waals surface area contributed by atoms with Crippen molar-refractivity contribution in [2.75, 3.05) is 7.11 Å². The van der Waals surface area contributed by atoms with E-state index in [1.165, 1.54) is 5.56 Å². The molecule has 0 saturated heterocycles. The molecule has 4 rings (SSSR count). The normalized spacial score (nSPS) is 18.0. The number of hydrogen-bond acceptors (Lipinski definition) is 3. The summed E-state index contributed by atoms with van der Waals surface area (Å²) in [5.74, 6) is 0.797. The largest absolute Gasteiger partial charge is 0.497 e. The van der Waals surface area contributed by atoms with Gasteiger partial charge in [-0.05, 0) is 30.7 Å². The number of benzene rings is 2. The first kappa shape index (κ1) is 18.5. The minimum absolute atomic E-state index is 0.0697. The lowest BCUT2D eigenvalue weighted by Crippen LogP contribution is -2.32. The molecule has 1 atom stereocenters. The number of hydrogen-bond donors (Lipinski definition) is 1. The van der Waals surface area contributed by atoms with Gasteiger partial charge in [0.25, 0.3) is 0 Å². The molecule has 4 nitrogen and oxygen atoms in total. The van der Waals surface area contributed by atoms with E-state index >= 15 is 0 Å². The number of ketones is 1. The standard InChI is InChI=1S/C24H25NO3/c1-15-8-10-16(11-9-15)20-13-19-21(26)14-24(2,3)23(27)22(19)25(20)17-6-5-7-18(12-17)28-4/h5-13,23,27H,14H2,1-4H3. The van der Waals surface area contributed by atoms with Gasteiger partial charge in [-0.3, -0.25) is 4.79 Å². The summed E-state index contributed by atoms with van der Waals surface area (Å²) in [6.45, 7) is 5.92. The second-order valence-electron chi connectivity index (χ2n) is 8.22. The number of aliphatic hydroxyl groups is 1. The van der Waals surface area contributed by atoms with Gasteiger partial charge in [-0.15, -0.1) is 0 Å². The molecular weight excluding hydrogens is 350 g/mol. The third-order valence-corrected chi connectivity index (χ3v) is 5.61. The number of carbonyl (C=O) groups is 1. The number of aromatic nitrogens is 1. The van der Waals surface area contributed by atoms with Crippen LogP contribution < -0.4 is 4.74 Å². The van der Waals surface area contributed by atoms with Crippen LogP contribution in [-0.4, -0.2) is 22.6 Å². The van der Waals surface area contributed by atoms with Gasteiger partial charge in [0.05, 0.1) is 18.5 Å². The predicted octanol–water partition coefficient (Wildman–Crippen LogP) is 5.11. The Labute approximate surface area is 165 Å². The van der Waals surface area contributed by atoms with E-state index in [2.05, 4.69) is 24.3 Å². The average molecular weight is 375 g/mol. The highest BCUT2D eigenvalue weighted by Gasteiger charge is 2.42. The van der Waals surface area contributed by atoms with Gasteiger partial charge in [0.15, 0.2) is 5.78 Å². The van der Waals surface area contributed by atoms with Crippen LogP contribution in [0.3, 0.4) is 0 Å². The van der Waals surface area contributed by atoms with E-state index < -0.39 is 11.5 Å². The lowest BCUT2D eigenvalue weighted by atomic mass is 9.74. The smallest absolute Gasteiger partial charge is 0.165 e. The quantitative estimate of drug-likeness (QED) is 0.692. The lowest BCUT2D eigenvalue weighted by molar-refractivity contribution is 0.0281. The fourth-order valence-electron chi connectivity index (χ4n) is 3.96. The number of aryl methyl sites for hydroxylation is 1. The Morgan fingerprint density at radius 3 is 2.50 bits per heavy atom. The van der Waals surface area contributed by atoms with Crippen LogP contribution in [-0.2, 0) is 0 Å². The Morgan fingerprint density at radius 2 is 1.82 bits per heavy atom. The fourth-order valence-corrected chi connectivity index (χ4v) is 3.96. The summed E-state index contributed by atoms with van der Waals surface area (Å²) in [5, 5.41) is 11.2. The molecule has 0 aliphatic heterocycles. The van der Waals surface area contributed by atoms with Gasteiger partial charge < -0.3 is 14.4 Å². The monoisotopic (exact) mass is 375 g/mol. The van der Waals surface area contributed by atoms with Gasteiger partial charge >= 0.3 is 0 Å². The summed E-state index contributed by atoms with van der Waals surface area (Å²) < 4.78 is 7.41. The van der Waals surface area contributed by atoms with Crippen LogP contribution in [0, 0.1) is 12.3 Å². The van der Waals surface area contributed by atoms with Crippen molar-refractivity contribution >= 4 is 5.78 Å². The minimum Gasteiger partial charge on any atom is -0.497 e. The molecule has 4 heteroatoms. The third kappa shape index (κ3) is 2.94. The van der Waals surface area contributed by atoms with E-state index in [1.807, 2.05) is 55.7 Å². The van der Waals surface area contributed by atoms with Gasteiger partial charge in [-0.1, -0.05) is 49.7 Å². The average Bonchev–Trinajstić information content (AvgIpc) is 3.07. The predicted molar refractivity (Wildman–Crippen MR) is 110 cm³/mol. The van der Waals surface area contributed by atoms with Crippen molar-refractivity contribution in [1.82, 2.24) is 4.57 Å². The number of fused-ring (bicyclic) bond motifs is 1. The molecule has 1 aromatic heterocycles. The van der Waals surface area contributed by atoms with E-state index in [4.69, 9.17) is 4.74 Å². The van der Waals surface area contributed by atoms with Crippen LogP contribution in [0.25, 0.3) is 16.9 Å². The van der Waals surface area contributed by atoms with Crippen molar-refractivity contribution in [3.63, 3.8) is 0 Å². The van der Waals surface area contributed by atoms with E-state index in [9.17, 15) is 9.90 Å². The Hall–Kier alpha value is -2.85. The summed E-state index contributed by atoms with van der Waals surface area (Å²) >= 11 is 0. The SMILES string of the molecule is COc1cccc(-n2c(-c3ccc(C)cc3)cc3c2C(O)C(C)(C)CC3=O)c1. The number of carbonyl (C=O) groups excluding carboxylic acids is 1. The summed E-state index contributed by atoms with van der Waals surface area (Å²) in [7, 11) is 1.63. The van der Waals surface area contributed by atoms with E-state index in [1.54, 1.807) is 7.11 Å². The number of methoxy groups -OCH3 is 1. The van der Waals surface area contributed by atoms with Crippen LogP contribution in [0.15, 0.2) is 54.6 Å². The molecule has 2 aromatic carbocycles. The maximum atomic E-state index is 12.9. The number of aliphatic hydroxyl groups excluding tert-OH is 1. The minimum atomic E-state index is -0.745. The van der Waals surface area contributed by atoms with E-state index in [0.717, 1.165) is 22.7 Å². The summed E-state index contributed by atoms with van der Waals surface area (Å²) in [6, 6.07) is 17.8. The van der Waals surface area contributed by atoms with Gasteiger partial charge in [0.1, 0.15) is 11.9 Å². The molecule has 144 valence electrons. The van der Waals surface area contributed by atoms with Gasteiger partial charge in [-0.25, -0.2) is 0 Å². The lowest BCUT2D eigenvalue weighted by Gasteiger charge is -2.35. The molecule has 0 bridgehead atoms. The number of ether oxygens (including phenoxy) is 1. The summed E-state index contributed by atoms with van der Waals surface area (Å²) in [5.41, 5.74) is 4.66. The Kier molecular flexibility index (Phi) is 4.39. The Morgan fingerprint density at radius 1 is 1.11 bits per heavy atom. The van der Waals surface area contributed by atoms with Crippen molar-refractivity contribution in [1.29, 1.82) is 0 Å². The second-order valence-corrected chi connectivity index (χ2v) is 8.22. The van der Waals surface area contributed by atoms with Crippen LogP contribution in [0.5, 0.6) is 5.75 Å². The maximum Gasteiger partial charge on any atom is 0.165 e. The molecule has 1 aliphatic rings. The van der Waals surface area contributed by atoms with Crippen LogP contribution in [0.1, 0.15) is 48.0 Å². The Balaban J connectivity index is 2.03. The molecule has 0 saturated carbocycles. The first-order chi connectivity index (χ1) is 13.3. The first-order valence-corrected chi connectivity index (χ1v) is 9.50.